The highest BCUT2D eigenvalue weighted by molar-refractivity contribution is 5.97. The summed E-state index contributed by atoms with van der Waals surface area (Å²) in [6, 6.07) is 14.0. The van der Waals surface area contributed by atoms with Crippen LogP contribution in [-0.2, 0) is 4.74 Å². The number of para-hydroxylation sites is 1. The Morgan fingerprint density at radius 3 is 2.60 bits per heavy atom. The normalized spacial score (nSPS) is 22.1. The summed E-state index contributed by atoms with van der Waals surface area (Å²) in [5.41, 5.74) is 2.86. The van der Waals surface area contributed by atoms with E-state index in [0.29, 0.717) is 25.3 Å². The molecule has 2 aromatic carbocycles. The molecule has 1 amide bonds. The van der Waals surface area contributed by atoms with Crippen molar-refractivity contribution in [3.8, 4) is 11.5 Å². The molecule has 2 aromatic rings. The Morgan fingerprint density at radius 1 is 1.17 bits per heavy atom. The zero-order chi connectivity index (χ0) is 21.1. The molecule has 6 nitrogen and oxygen atoms in total. The van der Waals surface area contributed by atoms with Crippen LogP contribution in [0.1, 0.15) is 47.3 Å². The Labute approximate surface area is 178 Å². The number of benzene rings is 2. The molecule has 1 fully saturated rings. The number of nitrogens with one attached hydrogen (secondary N) is 1. The van der Waals surface area contributed by atoms with Crippen molar-refractivity contribution in [1.82, 2.24) is 10.2 Å². The predicted molar refractivity (Wildman–Crippen MR) is 115 cm³/mol. The third-order valence-electron chi connectivity index (χ3n) is 6.23. The minimum atomic E-state index is -0.0973. The Bertz CT molecular complexity index is 877. The second kappa shape index (κ2) is 9.06. The highest BCUT2D eigenvalue weighted by atomic mass is 16.5. The summed E-state index contributed by atoms with van der Waals surface area (Å²) >= 11 is 0. The Balaban J connectivity index is 1.52. The molecule has 30 heavy (non-hydrogen) atoms. The van der Waals surface area contributed by atoms with E-state index in [1.807, 2.05) is 37.3 Å². The lowest BCUT2D eigenvalue weighted by molar-refractivity contribution is 0.0162. The van der Waals surface area contributed by atoms with E-state index in [1.165, 1.54) is 0 Å². The van der Waals surface area contributed by atoms with Crippen LogP contribution >= 0.6 is 0 Å². The second-order valence-electron chi connectivity index (χ2n) is 7.98. The highest BCUT2D eigenvalue weighted by Crippen LogP contribution is 2.40. The van der Waals surface area contributed by atoms with Crippen LogP contribution in [0, 0.1) is 0 Å². The summed E-state index contributed by atoms with van der Waals surface area (Å²) in [6.07, 6.45) is 0.0781. The molecule has 0 spiro atoms. The summed E-state index contributed by atoms with van der Waals surface area (Å²) in [5.74, 6) is 1.74. The van der Waals surface area contributed by atoms with Crippen LogP contribution in [0.2, 0.25) is 0 Å². The van der Waals surface area contributed by atoms with Crippen LogP contribution in [0.25, 0.3) is 0 Å². The van der Waals surface area contributed by atoms with Crippen LogP contribution in [0.5, 0.6) is 11.5 Å². The van der Waals surface area contributed by atoms with Gasteiger partial charge in [0.05, 0.1) is 31.9 Å². The van der Waals surface area contributed by atoms with Gasteiger partial charge in [-0.2, -0.15) is 0 Å². The molecular weight excluding hydrogens is 380 g/mol. The molecule has 2 aliphatic rings. The summed E-state index contributed by atoms with van der Waals surface area (Å²) in [4.78, 5) is 15.4. The predicted octanol–water partition coefficient (Wildman–Crippen LogP) is 3.38. The van der Waals surface area contributed by atoms with Crippen molar-refractivity contribution in [3.63, 3.8) is 0 Å². The van der Waals surface area contributed by atoms with Gasteiger partial charge in [0.15, 0.2) is 0 Å². The molecule has 0 unspecified atom stereocenters. The van der Waals surface area contributed by atoms with Crippen molar-refractivity contribution in [2.75, 3.05) is 40.0 Å². The molecule has 1 saturated heterocycles. The smallest absolute Gasteiger partial charge is 0.255 e. The van der Waals surface area contributed by atoms with Crippen LogP contribution < -0.4 is 14.8 Å². The number of fused-ring (bicyclic) bond motifs is 1. The molecule has 0 radical (unpaired) electrons. The average molecular weight is 411 g/mol. The Hall–Kier alpha value is -2.57. The van der Waals surface area contributed by atoms with Crippen molar-refractivity contribution >= 4 is 5.91 Å². The van der Waals surface area contributed by atoms with E-state index in [2.05, 4.69) is 29.3 Å². The topological polar surface area (TPSA) is 60.0 Å². The maximum Gasteiger partial charge on any atom is 0.255 e. The van der Waals surface area contributed by atoms with Gasteiger partial charge >= 0.3 is 0 Å². The average Bonchev–Trinajstić information content (AvgIpc) is 3.08. The first kappa shape index (κ1) is 20.7. The van der Waals surface area contributed by atoms with Crippen LogP contribution in [0.3, 0.4) is 0 Å². The fourth-order valence-electron chi connectivity index (χ4n) is 4.22. The van der Waals surface area contributed by atoms with Gasteiger partial charge in [0.25, 0.3) is 5.91 Å². The number of amides is 1. The SMILES string of the molecule is COc1ccc([C@H](CNC(=O)c2cccc3c2O[C@@H](C)[C@H]3C)N2CCOCC2)cc1. The molecule has 0 aromatic heterocycles. The van der Waals surface area contributed by atoms with Crippen molar-refractivity contribution in [2.24, 2.45) is 0 Å². The Kier molecular flexibility index (Phi) is 6.25. The lowest BCUT2D eigenvalue weighted by atomic mass is 9.96. The van der Waals surface area contributed by atoms with Gasteiger partial charge in [-0.15, -0.1) is 0 Å². The van der Waals surface area contributed by atoms with Crippen molar-refractivity contribution < 1.29 is 19.0 Å². The third-order valence-corrected chi connectivity index (χ3v) is 6.23. The first-order valence-electron chi connectivity index (χ1n) is 10.6. The fraction of sp³-hybridized carbons (Fsp3) is 0.458. The van der Waals surface area contributed by atoms with Gasteiger partial charge in [0, 0.05) is 31.1 Å². The molecule has 0 bridgehead atoms. The zero-order valence-corrected chi connectivity index (χ0v) is 17.9. The summed E-state index contributed by atoms with van der Waals surface area (Å²) in [5, 5.41) is 3.15. The van der Waals surface area contributed by atoms with Crippen molar-refractivity contribution in [3.05, 3.63) is 59.2 Å². The van der Waals surface area contributed by atoms with Crippen LogP contribution in [0.4, 0.5) is 0 Å². The number of morpholine rings is 1. The fourth-order valence-corrected chi connectivity index (χ4v) is 4.22. The highest BCUT2D eigenvalue weighted by Gasteiger charge is 2.31. The number of hydrogen-bond donors (Lipinski definition) is 1. The Morgan fingerprint density at radius 2 is 1.90 bits per heavy atom. The molecule has 0 saturated carbocycles. The summed E-state index contributed by atoms with van der Waals surface area (Å²) in [6.45, 7) is 7.78. The summed E-state index contributed by atoms with van der Waals surface area (Å²) in [7, 11) is 1.66. The maximum atomic E-state index is 13.1. The van der Waals surface area contributed by atoms with E-state index < -0.39 is 0 Å². The van der Waals surface area contributed by atoms with Gasteiger partial charge in [-0.05, 0) is 30.7 Å². The molecule has 0 aliphatic carbocycles. The molecule has 1 N–H and O–H groups in total. The number of hydrogen-bond acceptors (Lipinski definition) is 5. The van der Waals surface area contributed by atoms with Gasteiger partial charge in [-0.25, -0.2) is 0 Å². The van der Waals surface area contributed by atoms with Gasteiger partial charge in [-0.3, -0.25) is 9.69 Å². The van der Waals surface area contributed by atoms with Gasteiger partial charge in [0.2, 0.25) is 0 Å². The quantitative estimate of drug-likeness (QED) is 0.791. The molecular formula is C24H30N2O4. The minimum Gasteiger partial charge on any atom is -0.497 e. The van der Waals surface area contributed by atoms with Gasteiger partial charge in [0.1, 0.15) is 17.6 Å². The molecule has 3 atom stereocenters. The van der Waals surface area contributed by atoms with Gasteiger partial charge in [-0.1, -0.05) is 31.2 Å². The van der Waals surface area contributed by atoms with E-state index in [1.54, 1.807) is 7.11 Å². The standard InChI is InChI=1S/C24H30N2O4/c1-16-17(2)30-23-20(16)5-4-6-21(23)24(27)25-15-22(26-11-13-29-14-12-26)18-7-9-19(28-3)10-8-18/h4-10,16-17,22H,11-15H2,1-3H3,(H,25,27)/t16-,17+,22+/m1/s1. The van der Waals surface area contributed by atoms with E-state index >= 15 is 0 Å². The van der Waals surface area contributed by atoms with E-state index in [-0.39, 0.29) is 24.0 Å². The number of methoxy groups -OCH3 is 1. The number of carbonyl (C=O) groups is 1. The van der Waals surface area contributed by atoms with Crippen LogP contribution in [0.15, 0.2) is 42.5 Å². The zero-order valence-electron chi connectivity index (χ0n) is 17.9. The number of carbonyl (C=O) groups excluding carboxylic acids is 1. The monoisotopic (exact) mass is 410 g/mol. The van der Waals surface area contributed by atoms with Crippen molar-refractivity contribution in [1.29, 1.82) is 0 Å². The number of ether oxygens (including phenoxy) is 3. The molecule has 2 heterocycles. The van der Waals surface area contributed by atoms with Gasteiger partial charge < -0.3 is 19.5 Å². The first-order chi connectivity index (χ1) is 14.6. The number of nitrogens with zero attached hydrogens (tertiary/aromatic N) is 1. The first-order valence-corrected chi connectivity index (χ1v) is 10.6. The molecule has 160 valence electrons. The van der Waals surface area contributed by atoms with E-state index in [9.17, 15) is 4.79 Å². The van der Waals surface area contributed by atoms with E-state index in [4.69, 9.17) is 14.2 Å². The maximum absolute atomic E-state index is 13.1. The summed E-state index contributed by atoms with van der Waals surface area (Å²) < 4.78 is 16.8. The number of rotatable bonds is 6. The second-order valence-corrected chi connectivity index (χ2v) is 7.98. The molecule has 2 aliphatic heterocycles. The lowest BCUT2D eigenvalue weighted by Crippen LogP contribution is -2.43. The molecule has 6 heteroatoms. The third kappa shape index (κ3) is 4.16. The molecule has 4 rings (SSSR count). The minimum absolute atomic E-state index is 0.0688. The van der Waals surface area contributed by atoms with Crippen LogP contribution in [-0.4, -0.2) is 56.9 Å². The van der Waals surface area contributed by atoms with E-state index in [0.717, 1.165) is 35.7 Å². The lowest BCUT2D eigenvalue weighted by Gasteiger charge is -2.35. The van der Waals surface area contributed by atoms with Crippen molar-refractivity contribution in [2.45, 2.75) is 31.9 Å². The largest absolute Gasteiger partial charge is 0.497 e.